The molecule has 1 aliphatic rings. The van der Waals surface area contributed by atoms with Crippen molar-refractivity contribution in [3.8, 4) is 0 Å². The first kappa shape index (κ1) is 16.0. The number of nitrogens with zero attached hydrogens (tertiary/aromatic N) is 1. The Morgan fingerprint density at radius 2 is 2.19 bits per heavy atom. The SMILES string of the molecule is CNc1ncc(C(=O)NCCOC2CCCCC2)cc1Cl. The third-order valence-electron chi connectivity index (χ3n) is 3.63. The van der Waals surface area contributed by atoms with Crippen LogP contribution in [0.2, 0.25) is 5.02 Å². The van der Waals surface area contributed by atoms with E-state index in [0.717, 1.165) is 12.8 Å². The number of rotatable bonds is 6. The molecule has 0 radical (unpaired) electrons. The Balaban J connectivity index is 1.72. The zero-order chi connectivity index (χ0) is 15.1. The van der Waals surface area contributed by atoms with E-state index in [2.05, 4.69) is 15.6 Å². The van der Waals surface area contributed by atoms with E-state index in [1.807, 2.05) is 0 Å². The van der Waals surface area contributed by atoms with E-state index in [1.54, 1.807) is 13.1 Å². The number of amides is 1. The van der Waals surface area contributed by atoms with Gasteiger partial charge in [0.1, 0.15) is 5.82 Å². The van der Waals surface area contributed by atoms with Crippen LogP contribution < -0.4 is 10.6 Å². The molecular weight excluding hydrogens is 290 g/mol. The molecule has 2 N–H and O–H groups in total. The number of carbonyl (C=O) groups excluding carboxylic acids is 1. The average Bonchev–Trinajstić information content (AvgIpc) is 2.52. The molecule has 116 valence electrons. The van der Waals surface area contributed by atoms with Crippen molar-refractivity contribution < 1.29 is 9.53 Å². The van der Waals surface area contributed by atoms with Crippen molar-refractivity contribution >= 4 is 23.3 Å². The quantitative estimate of drug-likeness (QED) is 0.793. The lowest BCUT2D eigenvalue weighted by atomic mass is 9.98. The van der Waals surface area contributed by atoms with Gasteiger partial charge in [-0.2, -0.15) is 0 Å². The first-order valence-electron chi connectivity index (χ1n) is 7.44. The lowest BCUT2D eigenvalue weighted by Crippen LogP contribution is -2.29. The molecule has 1 aliphatic carbocycles. The van der Waals surface area contributed by atoms with Crippen molar-refractivity contribution in [2.75, 3.05) is 25.5 Å². The summed E-state index contributed by atoms with van der Waals surface area (Å²) in [7, 11) is 1.73. The van der Waals surface area contributed by atoms with Crippen LogP contribution in [0.15, 0.2) is 12.3 Å². The summed E-state index contributed by atoms with van der Waals surface area (Å²) in [4.78, 5) is 16.0. The van der Waals surface area contributed by atoms with Crippen LogP contribution in [0.1, 0.15) is 42.5 Å². The number of anilines is 1. The molecule has 1 saturated carbocycles. The van der Waals surface area contributed by atoms with Crippen molar-refractivity contribution in [2.45, 2.75) is 38.2 Å². The zero-order valence-electron chi connectivity index (χ0n) is 12.3. The van der Waals surface area contributed by atoms with Gasteiger partial charge in [0.2, 0.25) is 0 Å². The van der Waals surface area contributed by atoms with Gasteiger partial charge in [-0.15, -0.1) is 0 Å². The molecule has 6 heteroatoms. The monoisotopic (exact) mass is 311 g/mol. The number of pyridine rings is 1. The van der Waals surface area contributed by atoms with Crippen LogP contribution in [0.3, 0.4) is 0 Å². The second kappa shape index (κ2) is 8.20. The van der Waals surface area contributed by atoms with E-state index >= 15 is 0 Å². The summed E-state index contributed by atoms with van der Waals surface area (Å²) in [6, 6.07) is 1.61. The summed E-state index contributed by atoms with van der Waals surface area (Å²) in [5.74, 6) is 0.383. The van der Waals surface area contributed by atoms with Gasteiger partial charge in [0.05, 0.1) is 23.3 Å². The smallest absolute Gasteiger partial charge is 0.252 e. The summed E-state index contributed by atoms with van der Waals surface area (Å²) in [6.45, 7) is 1.05. The Hall–Kier alpha value is -1.33. The fourth-order valence-electron chi connectivity index (χ4n) is 2.47. The molecule has 0 saturated heterocycles. The van der Waals surface area contributed by atoms with Gasteiger partial charge in [0.15, 0.2) is 0 Å². The number of ether oxygens (including phenoxy) is 1. The van der Waals surface area contributed by atoms with Crippen molar-refractivity contribution in [3.63, 3.8) is 0 Å². The van der Waals surface area contributed by atoms with Crippen LogP contribution in [-0.2, 0) is 4.74 Å². The standard InChI is InChI=1S/C15H22ClN3O2/c1-17-14-13(16)9-11(10-19-14)15(20)18-7-8-21-12-5-3-2-4-6-12/h9-10,12H,2-8H2,1H3,(H,17,19)(H,18,20). The van der Waals surface area contributed by atoms with Crippen LogP contribution in [0.4, 0.5) is 5.82 Å². The highest BCUT2D eigenvalue weighted by atomic mass is 35.5. The third kappa shape index (κ3) is 4.86. The van der Waals surface area contributed by atoms with E-state index in [1.165, 1.54) is 25.5 Å². The fourth-order valence-corrected chi connectivity index (χ4v) is 2.73. The van der Waals surface area contributed by atoms with Gasteiger partial charge >= 0.3 is 0 Å². The largest absolute Gasteiger partial charge is 0.376 e. The Morgan fingerprint density at radius 1 is 1.43 bits per heavy atom. The maximum Gasteiger partial charge on any atom is 0.252 e. The fraction of sp³-hybridized carbons (Fsp3) is 0.600. The van der Waals surface area contributed by atoms with Gasteiger partial charge in [-0.1, -0.05) is 30.9 Å². The topological polar surface area (TPSA) is 63.2 Å². The minimum absolute atomic E-state index is 0.181. The molecule has 21 heavy (non-hydrogen) atoms. The second-order valence-electron chi connectivity index (χ2n) is 5.19. The maximum absolute atomic E-state index is 12.0. The van der Waals surface area contributed by atoms with Gasteiger partial charge in [0.25, 0.3) is 5.91 Å². The molecule has 0 aliphatic heterocycles. The molecule has 1 aromatic rings. The molecule has 1 heterocycles. The highest BCUT2D eigenvalue weighted by molar-refractivity contribution is 6.33. The molecule has 0 atom stereocenters. The lowest BCUT2D eigenvalue weighted by molar-refractivity contribution is 0.0299. The van der Waals surface area contributed by atoms with Crippen LogP contribution in [0.25, 0.3) is 0 Å². The number of hydrogen-bond donors (Lipinski definition) is 2. The second-order valence-corrected chi connectivity index (χ2v) is 5.60. The summed E-state index contributed by atoms with van der Waals surface area (Å²) >= 11 is 6.01. The Kier molecular flexibility index (Phi) is 6.26. The maximum atomic E-state index is 12.0. The van der Waals surface area contributed by atoms with Crippen molar-refractivity contribution in [1.82, 2.24) is 10.3 Å². The van der Waals surface area contributed by atoms with E-state index in [9.17, 15) is 4.79 Å². The summed E-state index contributed by atoms with van der Waals surface area (Å²) in [6.07, 6.45) is 7.96. The third-order valence-corrected chi connectivity index (χ3v) is 3.92. The first-order valence-corrected chi connectivity index (χ1v) is 7.81. The highest BCUT2D eigenvalue weighted by Gasteiger charge is 2.14. The highest BCUT2D eigenvalue weighted by Crippen LogP contribution is 2.20. The molecular formula is C15H22ClN3O2. The molecule has 0 bridgehead atoms. The van der Waals surface area contributed by atoms with Crippen LogP contribution >= 0.6 is 11.6 Å². The number of carbonyl (C=O) groups is 1. The van der Waals surface area contributed by atoms with Crippen LogP contribution in [0, 0.1) is 0 Å². The molecule has 1 aromatic heterocycles. The van der Waals surface area contributed by atoms with Gasteiger partial charge in [-0.25, -0.2) is 4.98 Å². The van der Waals surface area contributed by atoms with Crippen molar-refractivity contribution in [3.05, 3.63) is 22.8 Å². The Bertz CT molecular complexity index is 476. The van der Waals surface area contributed by atoms with Crippen molar-refractivity contribution in [1.29, 1.82) is 0 Å². The van der Waals surface area contributed by atoms with Crippen LogP contribution in [0.5, 0.6) is 0 Å². The van der Waals surface area contributed by atoms with Crippen molar-refractivity contribution in [2.24, 2.45) is 0 Å². The van der Waals surface area contributed by atoms with E-state index < -0.39 is 0 Å². The minimum Gasteiger partial charge on any atom is -0.376 e. The predicted molar refractivity (Wildman–Crippen MR) is 84.0 cm³/mol. The molecule has 0 aromatic carbocycles. The predicted octanol–water partition coefficient (Wildman–Crippen LogP) is 2.86. The molecule has 1 fully saturated rings. The van der Waals surface area contributed by atoms with E-state index in [0.29, 0.717) is 35.7 Å². The van der Waals surface area contributed by atoms with Gasteiger partial charge in [-0.05, 0) is 18.9 Å². The van der Waals surface area contributed by atoms with Gasteiger partial charge in [-0.3, -0.25) is 4.79 Å². The normalized spacial score (nSPS) is 15.7. The van der Waals surface area contributed by atoms with Gasteiger partial charge in [0, 0.05) is 19.8 Å². The number of hydrogen-bond acceptors (Lipinski definition) is 4. The summed E-state index contributed by atoms with van der Waals surface area (Å²) in [5.41, 5.74) is 0.455. The van der Waals surface area contributed by atoms with E-state index in [-0.39, 0.29) is 5.91 Å². The average molecular weight is 312 g/mol. The molecule has 2 rings (SSSR count). The Morgan fingerprint density at radius 3 is 2.86 bits per heavy atom. The van der Waals surface area contributed by atoms with Gasteiger partial charge < -0.3 is 15.4 Å². The van der Waals surface area contributed by atoms with E-state index in [4.69, 9.17) is 16.3 Å². The number of nitrogens with one attached hydrogen (secondary N) is 2. The molecule has 0 unspecified atom stereocenters. The summed E-state index contributed by atoms with van der Waals surface area (Å²) in [5, 5.41) is 6.11. The van der Waals surface area contributed by atoms with Crippen LogP contribution in [-0.4, -0.2) is 37.2 Å². The number of halogens is 1. The molecule has 5 nitrogen and oxygen atoms in total. The molecule has 0 spiro atoms. The lowest BCUT2D eigenvalue weighted by Gasteiger charge is -2.22. The number of aromatic nitrogens is 1. The first-order chi connectivity index (χ1) is 10.2. The summed E-state index contributed by atoms with van der Waals surface area (Å²) < 4.78 is 5.76. The molecule has 1 amide bonds. The Labute approximate surface area is 130 Å². The zero-order valence-corrected chi connectivity index (χ0v) is 13.1. The minimum atomic E-state index is -0.181.